The highest BCUT2D eigenvalue weighted by molar-refractivity contribution is 7.15. The summed E-state index contributed by atoms with van der Waals surface area (Å²) in [5, 5.41) is 4.36. The normalized spacial score (nSPS) is 13.2. The molecule has 1 heterocycles. The monoisotopic (exact) mass is 227 g/mol. The largest absolute Gasteiger partial charge is 0.346 e. The van der Waals surface area contributed by atoms with E-state index in [0.717, 1.165) is 11.7 Å². The van der Waals surface area contributed by atoms with Crippen molar-refractivity contribution in [2.75, 3.05) is 18.5 Å². The predicted molar refractivity (Wildman–Crippen MR) is 67.7 cm³/mol. The van der Waals surface area contributed by atoms with Crippen molar-refractivity contribution in [3.05, 3.63) is 11.1 Å². The van der Waals surface area contributed by atoms with Gasteiger partial charge in [-0.2, -0.15) is 0 Å². The van der Waals surface area contributed by atoms with Crippen molar-refractivity contribution < 1.29 is 0 Å². The molecule has 0 fully saturated rings. The number of rotatable bonds is 5. The van der Waals surface area contributed by atoms with Crippen LogP contribution in [0.3, 0.4) is 0 Å². The van der Waals surface area contributed by atoms with Crippen molar-refractivity contribution in [3.63, 3.8) is 0 Å². The van der Waals surface area contributed by atoms with E-state index < -0.39 is 0 Å². The SMILES string of the molecule is CCN(c1ncc(C(C)NC)s1)C(C)C. The minimum absolute atomic E-state index is 0.391. The summed E-state index contributed by atoms with van der Waals surface area (Å²) in [4.78, 5) is 8.10. The predicted octanol–water partition coefficient (Wildman–Crippen LogP) is 2.66. The highest BCUT2D eigenvalue weighted by Gasteiger charge is 2.14. The first-order valence-corrected chi connectivity index (χ1v) is 6.31. The maximum absolute atomic E-state index is 4.48. The van der Waals surface area contributed by atoms with Gasteiger partial charge in [0.1, 0.15) is 0 Å². The summed E-state index contributed by atoms with van der Waals surface area (Å²) in [6, 6.07) is 0.904. The zero-order valence-corrected chi connectivity index (χ0v) is 11.1. The molecule has 1 rings (SSSR count). The van der Waals surface area contributed by atoms with E-state index >= 15 is 0 Å². The molecule has 0 spiro atoms. The number of nitrogens with one attached hydrogen (secondary N) is 1. The zero-order chi connectivity index (χ0) is 11.4. The molecule has 1 aromatic rings. The molecule has 1 unspecified atom stereocenters. The Labute approximate surface area is 96.5 Å². The third-order valence-electron chi connectivity index (χ3n) is 2.58. The Balaban J connectivity index is 2.82. The molecule has 0 aliphatic carbocycles. The summed E-state index contributed by atoms with van der Waals surface area (Å²) in [5.41, 5.74) is 0. The quantitative estimate of drug-likeness (QED) is 0.838. The molecule has 1 atom stereocenters. The van der Waals surface area contributed by atoms with E-state index in [1.54, 1.807) is 11.3 Å². The first-order chi connectivity index (χ1) is 7.10. The molecular weight excluding hydrogens is 206 g/mol. The standard InChI is InChI=1S/C11H21N3S/c1-6-14(8(2)3)11-13-7-10(15-11)9(4)12-5/h7-9,12H,6H2,1-5H3. The Morgan fingerprint density at radius 2 is 2.13 bits per heavy atom. The minimum Gasteiger partial charge on any atom is -0.346 e. The van der Waals surface area contributed by atoms with Crippen LogP contribution in [-0.4, -0.2) is 24.6 Å². The maximum Gasteiger partial charge on any atom is 0.185 e. The van der Waals surface area contributed by atoms with Crippen LogP contribution in [0, 0.1) is 0 Å². The van der Waals surface area contributed by atoms with Crippen molar-refractivity contribution in [3.8, 4) is 0 Å². The van der Waals surface area contributed by atoms with Gasteiger partial charge in [0.15, 0.2) is 5.13 Å². The van der Waals surface area contributed by atoms with Crippen LogP contribution in [0.15, 0.2) is 6.20 Å². The van der Waals surface area contributed by atoms with E-state index in [4.69, 9.17) is 0 Å². The van der Waals surface area contributed by atoms with E-state index in [2.05, 4.69) is 42.9 Å². The van der Waals surface area contributed by atoms with Crippen LogP contribution in [0.2, 0.25) is 0 Å². The van der Waals surface area contributed by atoms with Crippen molar-refractivity contribution in [2.24, 2.45) is 0 Å². The van der Waals surface area contributed by atoms with Gasteiger partial charge < -0.3 is 10.2 Å². The van der Waals surface area contributed by atoms with Crippen LogP contribution in [0.25, 0.3) is 0 Å². The average molecular weight is 227 g/mol. The van der Waals surface area contributed by atoms with Crippen molar-refractivity contribution in [2.45, 2.75) is 39.8 Å². The van der Waals surface area contributed by atoms with Crippen LogP contribution in [-0.2, 0) is 0 Å². The molecule has 4 heteroatoms. The highest BCUT2D eigenvalue weighted by atomic mass is 32.1. The van der Waals surface area contributed by atoms with Gasteiger partial charge in [-0.3, -0.25) is 0 Å². The molecule has 0 saturated carbocycles. The molecule has 0 bridgehead atoms. The average Bonchev–Trinajstić information content (AvgIpc) is 2.66. The molecule has 0 amide bonds. The molecule has 1 N–H and O–H groups in total. The van der Waals surface area contributed by atoms with E-state index in [1.165, 1.54) is 4.88 Å². The number of hydrogen-bond donors (Lipinski definition) is 1. The number of nitrogens with zero attached hydrogens (tertiary/aromatic N) is 2. The lowest BCUT2D eigenvalue weighted by molar-refractivity contribution is 0.662. The van der Waals surface area contributed by atoms with E-state index in [1.807, 2.05) is 13.2 Å². The van der Waals surface area contributed by atoms with Crippen molar-refractivity contribution in [1.29, 1.82) is 0 Å². The summed E-state index contributed by atoms with van der Waals surface area (Å²) in [5.74, 6) is 0. The number of thiazole rings is 1. The topological polar surface area (TPSA) is 28.2 Å². The lowest BCUT2D eigenvalue weighted by Gasteiger charge is -2.24. The van der Waals surface area contributed by atoms with Crippen molar-refractivity contribution in [1.82, 2.24) is 10.3 Å². The second kappa shape index (κ2) is 5.47. The Morgan fingerprint density at radius 1 is 1.47 bits per heavy atom. The van der Waals surface area contributed by atoms with Gasteiger partial charge in [-0.1, -0.05) is 0 Å². The number of anilines is 1. The van der Waals surface area contributed by atoms with Crippen molar-refractivity contribution >= 4 is 16.5 Å². The van der Waals surface area contributed by atoms with Crippen LogP contribution in [0.4, 0.5) is 5.13 Å². The fourth-order valence-corrected chi connectivity index (χ4v) is 2.65. The molecule has 15 heavy (non-hydrogen) atoms. The fraction of sp³-hybridized carbons (Fsp3) is 0.727. The second-order valence-corrected chi connectivity index (χ2v) is 4.98. The summed E-state index contributed by atoms with van der Waals surface area (Å²) in [6.07, 6.45) is 1.98. The van der Waals surface area contributed by atoms with Gasteiger partial charge in [0.05, 0.1) is 0 Å². The lowest BCUT2D eigenvalue weighted by Crippen LogP contribution is -2.30. The zero-order valence-electron chi connectivity index (χ0n) is 10.2. The Bertz CT molecular complexity index is 296. The van der Waals surface area contributed by atoms with Gasteiger partial charge in [-0.05, 0) is 34.7 Å². The van der Waals surface area contributed by atoms with Crippen LogP contribution in [0.1, 0.15) is 38.6 Å². The van der Waals surface area contributed by atoms with E-state index in [0.29, 0.717) is 12.1 Å². The molecule has 0 aromatic carbocycles. The molecule has 0 saturated heterocycles. The molecular formula is C11H21N3S. The number of aromatic nitrogens is 1. The van der Waals surface area contributed by atoms with Gasteiger partial charge in [-0.25, -0.2) is 4.98 Å². The smallest absolute Gasteiger partial charge is 0.185 e. The third-order valence-corrected chi connectivity index (χ3v) is 3.80. The third kappa shape index (κ3) is 2.92. The van der Waals surface area contributed by atoms with Gasteiger partial charge in [0, 0.05) is 29.7 Å². The lowest BCUT2D eigenvalue weighted by atomic mass is 10.3. The first kappa shape index (κ1) is 12.5. The molecule has 3 nitrogen and oxygen atoms in total. The van der Waals surface area contributed by atoms with Gasteiger partial charge in [-0.15, -0.1) is 11.3 Å². The van der Waals surface area contributed by atoms with Gasteiger partial charge in [0.25, 0.3) is 0 Å². The summed E-state index contributed by atoms with van der Waals surface area (Å²) in [6.45, 7) is 9.74. The minimum atomic E-state index is 0.391. The molecule has 0 radical (unpaired) electrons. The molecule has 86 valence electrons. The first-order valence-electron chi connectivity index (χ1n) is 5.49. The molecule has 1 aromatic heterocycles. The van der Waals surface area contributed by atoms with E-state index in [-0.39, 0.29) is 0 Å². The van der Waals surface area contributed by atoms with Crippen LogP contribution < -0.4 is 10.2 Å². The molecule has 0 aliphatic rings. The summed E-state index contributed by atoms with van der Waals surface area (Å²) >= 11 is 1.78. The number of hydrogen-bond acceptors (Lipinski definition) is 4. The summed E-state index contributed by atoms with van der Waals surface area (Å²) < 4.78 is 0. The molecule has 0 aliphatic heterocycles. The van der Waals surface area contributed by atoms with E-state index in [9.17, 15) is 0 Å². The maximum atomic E-state index is 4.48. The van der Waals surface area contributed by atoms with Gasteiger partial charge in [0.2, 0.25) is 0 Å². The van der Waals surface area contributed by atoms with Crippen LogP contribution in [0.5, 0.6) is 0 Å². The Hall–Kier alpha value is -0.610. The van der Waals surface area contributed by atoms with Gasteiger partial charge >= 0.3 is 0 Å². The highest BCUT2D eigenvalue weighted by Crippen LogP contribution is 2.27. The second-order valence-electron chi connectivity index (χ2n) is 3.94. The Kier molecular flexibility index (Phi) is 4.54. The Morgan fingerprint density at radius 3 is 2.60 bits per heavy atom. The fourth-order valence-electron chi connectivity index (χ4n) is 1.47. The summed E-state index contributed by atoms with van der Waals surface area (Å²) in [7, 11) is 1.98. The van der Waals surface area contributed by atoms with Crippen LogP contribution >= 0.6 is 11.3 Å².